The first kappa shape index (κ1) is 22.1. The van der Waals surface area contributed by atoms with E-state index in [9.17, 15) is 0 Å². The van der Waals surface area contributed by atoms with Crippen LogP contribution in [0.1, 0.15) is 38.8 Å². The van der Waals surface area contributed by atoms with Gasteiger partial charge in [0.1, 0.15) is 0 Å². The molecular weight excluding hydrogens is 344 g/mol. The highest BCUT2D eigenvalue weighted by atomic mass is 16.5. The number of benzene rings is 2. The Balaban J connectivity index is 1.71. The van der Waals surface area contributed by atoms with Crippen LogP contribution in [0, 0.1) is 10.8 Å². The van der Waals surface area contributed by atoms with E-state index < -0.39 is 0 Å². The van der Waals surface area contributed by atoms with Crippen molar-refractivity contribution >= 4 is 0 Å². The minimum Gasteiger partial charge on any atom is -0.376 e. The molecular formula is C26H34O2. The molecule has 2 rings (SSSR count). The Morgan fingerprint density at radius 1 is 0.607 bits per heavy atom. The largest absolute Gasteiger partial charge is 0.376 e. The summed E-state index contributed by atoms with van der Waals surface area (Å²) >= 11 is 0. The van der Waals surface area contributed by atoms with Crippen LogP contribution < -0.4 is 0 Å². The third-order valence-corrected chi connectivity index (χ3v) is 4.38. The van der Waals surface area contributed by atoms with Gasteiger partial charge >= 0.3 is 0 Å². The molecule has 0 bridgehead atoms. The van der Waals surface area contributed by atoms with E-state index in [0.717, 1.165) is 0 Å². The molecule has 0 saturated heterocycles. The number of allylic oxidation sites excluding steroid dienone is 2. The molecule has 0 aliphatic carbocycles. The first-order valence-corrected chi connectivity index (χ1v) is 9.97. The fraction of sp³-hybridized carbons (Fsp3) is 0.385. The van der Waals surface area contributed by atoms with E-state index in [1.807, 2.05) is 36.4 Å². The molecule has 0 amide bonds. The van der Waals surface area contributed by atoms with Crippen LogP contribution in [0.4, 0.5) is 0 Å². The minimum absolute atomic E-state index is 0.00687. The van der Waals surface area contributed by atoms with Gasteiger partial charge in [-0.1, -0.05) is 113 Å². The predicted molar refractivity (Wildman–Crippen MR) is 118 cm³/mol. The standard InChI is InChI=1S/C26H34O2/c1-25(2,21-27-19-23-13-7-5-8-14-23)17-11-12-18-26(3,4)22-28-20-24-15-9-6-10-16-24/h5-18H,19-22H2,1-4H3/b17-11+,18-12+. The normalized spacial score (nSPS) is 12.9. The molecule has 0 atom stereocenters. The third-order valence-electron chi connectivity index (χ3n) is 4.38. The predicted octanol–water partition coefficient (Wildman–Crippen LogP) is 6.58. The Morgan fingerprint density at radius 3 is 1.32 bits per heavy atom. The Hall–Kier alpha value is -2.16. The lowest BCUT2D eigenvalue weighted by Gasteiger charge is -2.21. The average molecular weight is 379 g/mol. The lowest BCUT2D eigenvalue weighted by molar-refractivity contribution is 0.0713. The Kier molecular flexibility index (Phi) is 8.69. The van der Waals surface area contributed by atoms with Crippen LogP contribution >= 0.6 is 0 Å². The number of hydrogen-bond donors (Lipinski definition) is 0. The van der Waals surface area contributed by atoms with Crippen molar-refractivity contribution in [2.24, 2.45) is 10.8 Å². The van der Waals surface area contributed by atoms with Crippen molar-refractivity contribution in [2.45, 2.75) is 40.9 Å². The highest BCUT2D eigenvalue weighted by Gasteiger charge is 2.15. The zero-order chi connectivity index (χ0) is 20.3. The van der Waals surface area contributed by atoms with Crippen LogP contribution in [0.5, 0.6) is 0 Å². The van der Waals surface area contributed by atoms with Crippen molar-refractivity contribution in [3.8, 4) is 0 Å². The molecule has 0 aliphatic heterocycles. The molecule has 2 aromatic carbocycles. The topological polar surface area (TPSA) is 18.5 Å². The maximum absolute atomic E-state index is 5.88. The van der Waals surface area contributed by atoms with E-state index in [4.69, 9.17) is 9.47 Å². The Labute approximate surface area is 170 Å². The summed E-state index contributed by atoms with van der Waals surface area (Å²) in [6.45, 7) is 11.4. The van der Waals surface area contributed by atoms with Gasteiger partial charge in [0.25, 0.3) is 0 Å². The van der Waals surface area contributed by atoms with E-state index in [1.165, 1.54) is 11.1 Å². The highest BCUT2D eigenvalue weighted by Crippen LogP contribution is 2.21. The summed E-state index contributed by atoms with van der Waals surface area (Å²) in [6, 6.07) is 20.6. The molecule has 0 N–H and O–H groups in total. The fourth-order valence-corrected chi connectivity index (χ4v) is 2.74. The van der Waals surface area contributed by atoms with Gasteiger partial charge in [-0.2, -0.15) is 0 Å². The molecule has 2 aromatic rings. The van der Waals surface area contributed by atoms with Crippen molar-refractivity contribution in [3.05, 3.63) is 96.1 Å². The number of rotatable bonds is 11. The van der Waals surface area contributed by atoms with Crippen molar-refractivity contribution in [1.82, 2.24) is 0 Å². The molecule has 28 heavy (non-hydrogen) atoms. The number of hydrogen-bond acceptors (Lipinski definition) is 2. The maximum Gasteiger partial charge on any atom is 0.0717 e. The monoisotopic (exact) mass is 378 g/mol. The van der Waals surface area contributed by atoms with Gasteiger partial charge in [-0.15, -0.1) is 0 Å². The molecule has 0 unspecified atom stereocenters. The molecule has 0 saturated carbocycles. The zero-order valence-electron chi connectivity index (χ0n) is 17.7. The van der Waals surface area contributed by atoms with Crippen molar-refractivity contribution in [3.63, 3.8) is 0 Å². The fourth-order valence-electron chi connectivity index (χ4n) is 2.74. The summed E-state index contributed by atoms with van der Waals surface area (Å²) < 4.78 is 11.8. The van der Waals surface area contributed by atoms with Crippen LogP contribution in [0.3, 0.4) is 0 Å². The summed E-state index contributed by atoms with van der Waals surface area (Å²) in [7, 11) is 0. The minimum atomic E-state index is -0.00687. The van der Waals surface area contributed by atoms with Crippen molar-refractivity contribution in [2.75, 3.05) is 13.2 Å². The van der Waals surface area contributed by atoms with E-state index in [0.29, 0.717) is 26.4 Å². The maximum atomic E-state index is 5.88. The summed E-state index contributed by atoms with van der Waals surface area (Å²) in [6.07, 6.45) is 8.64. The van der Waals surface area contributed by atoms with Gasteiger partial charge in [-0.3, -0.25) is 0 Å². The first-order chi connectivity index (χ1) is 13.4. The Bertz CT molecular complexity index is 662. The third kappa shape index (κ3) is 9.16. The van der Waals surface area contributed by atoms with Gasteiger partial charge in [0.2, 0.25) is 0 Å². The van der Waals surface area contributed by atoms with E-state index in [-0.39, 0.29) is 10.8 Å². The van der Waals surface area contributed by atoms with Gasteiger partial charge in [-0.25, -0.2) is 0 Å². The van der Waals surface area contributed by atoms with Crippen LogP contribution in [0.25, 0.3) is 0 Å². The van der Waals surface area contributed by atoms with Crippen molar-refractivity contribution < 1.29 is 9.47 Å². The van der Waals surface area contributed by atoms with Crippen LogP contribution in [0.2, 0.25) is 0 Å². The quantitative estimate of drug-likeness (QED) is 0.411. The van der Waals surface area contributed by atoms with Gasteiger partial charge in [-0.05, 0) is 11.1 Å². The van der Waals surface area contributed by atoms with Gasteiger partial charge in [0.05, 0.1) is 26.4 Å². The second-order valence-corrected chi connectivity index (χ2v) is 8.65. The second kappa shape index (κ2) is 11.0. The van der Waals surface area contributed by atoms with Crippen LogP contribution in [0.15, 0.2) is 85.0 Å². The van der Waals surface area contributed by atoms with Crippen molar-refractivity contribution in [1.29, 1.82) is 0 Å². The summed E-state index contributed by atoms with van der Waals surface area (Å²) in [5.74, 6) is 0. The molecule has 0 aliphatic rings. The first-order valence-electron chi connectivity index (χ1n) is 9.97. The molecule has 150 valence electrons. The molecule has 2 heteroatoms. The van der Waals surface area contributed by atoms with E-state index in [1.54, 1.807) is 0 Å². The summed E-state index contributed by atoms with van der Waals surface area (Å²) in [5, 5.41) is 0. The molecule has 0 fully saturated rings. The second-order valence-electron chi connectivity index (χ2n) is 8.65. The average Bonchev–Trinajstić information content (AvgIpc) is 2.67. The van der Waals surface area contributed by atoms with E-state index >= 15 is 0 Å². The SMILES string of the molecule is CC(C)(/C=C/C=C/C(C)(C)COCc1ccccc1)COCc1ccccc1. The van der Waals surface area contributed by atoms with Gasteiger partial charge in [0, 0.05) is 10.8 Å². The molecule has 0 spiro atoms. The lowest BCUT2D eigenvalue weighted by atomic mass is 9.92. The van der Waals surface area contributed by atoms with Crippen LogP contribution in [-0.2, 0) is 22.7 Å². The van der Waals surface area contributed by atoms with Crippen LogP contribution in [-0.4, -0.2) is 13.2 Å². The smallest absolute Gasteiger partial charge is 0.0717 e. The highest BCUT2D eigenvalue weighted by molar-refractivity contribution is 5.15. The molecule has 2 nitrogen and oxygen atoms in total. The Morgan fingerprint density at radius 2 is 0.964 bits per heavy atom. The number of ether oxygens (including phenoxy) is 2. The lowest BCUT2D eigenvalue weighted by Crippen LogP contribution is -2.17. The van der Waals surface area contributed by atoms with Gasteiger partial charge in [0.15, 0.2) is 0 Å². The summed E-state index contributed by atoms with van der Waals surface area (Å²) in [4.78, 5) is 0. The molecule has 0 heterocycles. The van der Waals surface area contributed by atoms with Gasteiger partial charge < -0.3 is 9.47 Å². The molecule has 0 aromatic heterocycles. The summed E-state index contributed by atoms with van der Waals surface area (Å²) in [5.41, 5.74) is 2.40. The van der Waals surface area contributed by atoms with E-state index in [2.05, 4.69) is 76.3 Å². The molecule has 0 radical (unpaired) electrons. The zero-order valence-corrected chi connectivity index (χ0v) is 17.7.